The summed E-state index contributed by atoms with van der Waals surface area (Å²) in [6.45, 7) is 0.0587. The van der Waals surface area contributed by atoms with Crippen LogP contribution in [-0.4, -0.2) is 21.5 Å². The molecular formula is C9H11N3O2. The number of hydrogen-bond donors (Lipinski definition) is 1. The molecule has 1 aliphatic rings. The van der Waals surface area contributed by atoms with Crippen LogP contribution in [0.5, 0.6) is 0 Å². The second kappa shape index (κ2) is 3.61. The monoisotopic (exact) mass is 193 g/mol. The predicted octanol–water partition coefficient (Wildman–Crippen LogP) is -0.478. The smallest absolute Gasteiger partial charge is 0.347 e. The molecule has 0 aromatic carbocycles. The lowest BCUT2D eigenvalue weighted by atomic mass is 10.5. The third-order valence-corrected chi connectivity index (χ3v) is 2.04. The maximum Gasteiger partial charge on any atom is 0.347 e. The Labute approximate surface area is 80.8 Å². The number of rotatable bonds is 3. The molecule has 1 aliphatic carbocycles. The molecular weight excluding hydrogens is 182 g/mol. The molecule has 1 amide bonds. The Morgan fingerprint density at radius 3 is 3.07 bits per heavy atom. The van der Waals surface area contributed by atoms with Gasteiger partial charge in [0.1, 0.15) is 6.54 Å². The van der Waals surface area contributed by atoms with Gasteiger partial charge in [-0.25, -0.2) is 9.78 Å². The van der Waals surface area contributed by atoms with E-state index in [1.54, 1.807) is 12.3 Å². The molecule has 14 heavy (non-hydrogen) atoms. The molecule has 74 valence electrons. The lowest BCUT2D eigenvalue weighted by Gasteiger charge is -2.04. The molecule has 0 radical (unpaired) electrons. The summed E-state index contributed by atoms with van der Waals surface area (Å²) < 4.78 is 1.29. The molecule has 1 saturated carbocycles. The van der Waals surface area contributed by atoms with Gasteiger partial charge < -0.3 is 5.32 Å². The first-order valence-electron chi connectivity index (χ1n) is 4.56. The predicted molar refractivity (Wildman–Crippen MR) is 49.7 cm³/mol. The van der Waals surface area contributed by atoms with E-state index in [0.29, 0.717) is 6.04 Å². The zero-order chi connectivity index (χ0) is 9.97. The van der Waals surface area contributed by atoms with Crippen molar-refractivity contribution in [2.24, 2.45) is 0 Å². The van der Waals surface area contributed by atoms with Crippen LogP contribution in [0.2, 0.25) is 0 Å². The lowest BCUT2D eigenvalue weighted by molar-refractivity contribution is -0.121. The van der Waals surface area contributed by atoms with E-state index in [1.807, 2.05) is 0 Å². The molecule has 2 rings (SSSR count). The van der Waals surface area contributed by atoms with Gasteiger partial charge in [-0.2, -0.15) is 0 Å². The molecule has 0 atom stereocenters. The van der Waals surface area contributed by atoms with Crippen LogP contribution in [0.1, 0.15) is 12.8 Å². The Balaban J connectivity index is 1.99. The zero-order valence-electron chi connectivity index (χ0n) is 7.64. The maximum absolute atomic E-state index is 11.3. The second-order valence-corrected chi connectivity index (χ2v) is 3.37. The molecule has 1 aromatic heterocycles. The van der Waals surface area contributed by atoms with Crippen LogP contribution in [0.4, 0.5) is 0 Å². The summed E-state index contributed by atoms with van der Waals surface area (Å²) in [5.41, 5.74) is -0.390. The molecule has 5 heteroatoms. The van der Waals surface area contributed by atoms with Gasteiger partial charge in [0.05, 0.1) is 0 Å². The summed E-state index contributed by atoms with van der Waals surface area (Å²) in [6, 6.07) is 1.96. The standard InChI is InChI=1S/C9H11N3O2/c13-8(11-7-2-3-7)6-12-5-1-4-10-9(12)14/h1,4-5,7H,2-3,6H2,(H,11,13). The van der Waals surface area contributed by atoms with Crippen molar-refractivity contribution in [2.45, 2.75) is 25.4 Å². The molecule has 0 saturated heterocycles. The van der Waals surface area contributed by atoms with Gasteiger partial charge in [0.25, 0.3) is 0 Å². The van der Waals surface area contributed by atoms with Gasteiger partial charge in [0.2, 0.25) is 5.91 Å². The minimum atomic E-state index is -0.390. The van der Waals surface area contributed by atoms with Crippen molar-refractivity contribution < 1.29 is 4.79 Å². The first-order valence-corrected chi connectivity index (χ1v) is 4.56. The topological polar surface area (TPSA) is 64.0 Å². The third-order valence-electron chi connectivity index (χ3n) is 2.04. The average Bonchev–Trinajstić information content (AvgIpc) is 2.93. The van der Waals surface area contributed by atoms with E-state index in [0.717, 1.165) is 12.8 Å². The van der Waals surface area contributed by atoms with Crippen molar-refractivity contribution in [2.75, 3.05) is 0 Å². The number of hydrogen-bond acceptors (Lipinski definition) is 3. The number of carbonyl (C=O) groups is 1. The van der Waals surface area contributed by atoms with Gasteiger partial charge >= 0.3 is 5.69 Å². The van der Waals surface area contributed by atoms with Crippen LogP contribution in [0, 0.1) is 0 Å². The van der Waals surface area contributed by atoms with Crippen molar-refractivity contribution in [1.29, 1.82) is 0 Å². The van der Waals surface area contributed by atoms with Gasteiger partial charge in [0, 0.05) is 18.4 Å². The van der Waals surface area contributed by atoms with Crippen LogP contribution < -0.4 is 11.0 Å². The number of amides is 1. The van der Waals surface area contributed by atoms with E-state index in [2.05, 4.69) is 10.3 Å². The normalized spacial score (nSPS) is 15.1. The van der Waals surface area contributed by atoms with Gasteiger partial charge in [0.15, 0.2) is 0 Å². The highest BCUT2D eigenvalue weighted by Crippen LogP contribution is 2.18. The molecule has 0 unspecified atom stereocenters. The highest BCUT2D eigenvalue weighted by Gasteiger charge is 2.23. The lowest BCUT2D eigenvalue weighted by Crippen LogP contribution is -2.33. The molecule has 1 heterocycles. The zero-order valence-corrected chi connectivity index (χ0v) is 7.64. The van der Waals surface area contributed by atoms with Crippen molar-refractivity contribution in [3.63, 3.8) is 0 Å². The molecule has 1 fully saturated rings. The minimum absolute atomic E-state index is 0.0587. The highest BCUT2D eigenvalue weighted by atomic mass is 16.2. The van der Waals surface area contributed by atoms with Gasteiger partial charge in [-0.3, -0.25) is 9.36 Å². The van der Waals surface area contributed by atoms with E-state index in [1.165, 1.54) is 10.8 Å². The minimum Gasteiger partial charge on any atom is -0.352 e. The third kappa shape index (κ3) is 2.18. The van der Waals surface area contributed by atoms with Crippen LogP contribution in [0.25, 0.3) is 0 Å². The Hall–Kier alpha value is -1.65. The Morgan fingerprint density at radius 1 is 1.64 bits per heavy atom. The van der Waals surface area contributed by atoms with Crippen molar-refractivity contribution in [3.05, 3.63) is 28.9 Å². The first kappa shape index (κ1) is 8.93. The second-order valence-electron chi connectivity index (χ2n) is 3.37. The Bertz CT molecular complexity index is 395. The number of aromatic nitrogens is 2. The van der Waals surface area contributed by atoms with Gasteiger partial charge in [-0.05, 0) is 18.9 Å². The van der Waals surface area contributed by atoms with Gasteiger partial charge in [-0.15, -0.1) is 0 Å². The summed E-state index contributed by atoms with van der Waals surface area (Å²) in [4.78, 5) is 26.0. The van der Waals surface area contributed by atoms with Crippen LogP contribution in [-0.2, 0) is 11.3 Å². The molecule has 0 aliphatic heterocycles. The summed E-state index contributed by atoms with van der Waals surface area (Å²) >= 11 is 0. The molecule has 0 spiro atoms. The van der Waals surface area contributed by atoms with Crippen LogP contribution in [0.3, 0.4) is 0 Å². The average molecular weight is 193 g/mol. The quantitative estimate of drug-likeness (QED) is 0.705. The van der Waals surface area contributed by atoms with E-state index in [4.69, 9.17) is 0 Å². The van der Waals surface area contributed by atoms with E-state index in [-0.39, 0.29) is 12.5 Å². The van der Waals surface area contributed by atoms with Crippen molar-refractivity contribution in [1.82, 2.24) is 14.9 Å². The number of nitrogens with one attached hydrogen (secondary N) is 1. The largest absolute Gasteiger partial charge is 0.352 e. The highest BCUT2D eigenvalue weighted by molar-refractivity contribution is 5.76. The SMILES string of the molecule is O=C(Cn1cccnc1=O)NC1CC1. The fraction of sp³-hybridized carbons (Fsp3) is 0.444. The fourth-order valence-electron chi connectivity index (χ4n) is 1.16. The first-order chi connectivity index (χ1) is 6.75. The molecule has 5 nitrogen and oxygen atoms in total. The van der Waals surface area contributed by atoms with Gasteiger partial charge in [-0.1, -0.05) is 0 Å². The Morgan fingerprint density at radius 2 is 2.43 bits per heavy atom. The Kier molecular flexibility index (Phi) is 2.30. The van der Waals surface area contributed by atoms with E-state index >= 15 is 0 Å². The summed E-state index contributed by atoms with van der Waals surface area (Å²) in [6.07, 6.45) is 5.07. The molecule has 1 aromatic rings. The molecule has 0 bridgehead atoms. The summed E-state index contributed by atoms with van der Waals surface area (Å²) in [5.74, 6) is -0.123. The van der Waals surface area contributed by atoms with Crippen molar-refractivity contribution >= 4 is 5.91 Å². The van der Waals surface area contributed by atoms with Crippen LogP contribution in [0.15, 0.2) is 23.3 Å². The summed E-state index contributed by atoms with van der Waals surface area (Å²) in [5, 5.41) is 2.80. The van der Waals surface area contributed by atoms with E-state index in [9.17, 15) is 9.59 Å². The van der Waals surface area contributed by atoms with E-state index < -0.39 is 5.69 Å². The maximum atomic E-state index is 11.3. The van der Waals surface area contributed by atoms with Crippen LogP contribution >= 0.6 is 0 Å². The fourth-order valence-corrected chi connectivity index (χ4v) is 1.16. The number of carbonyl (C=O) groups excluding carboxylic acids is 1. The molecule has 1 N–H and O–H groups in total. The van der Waals surface area contributed by atoms with Crippen molar-refractivity contribution in [3.8, 4) is 0 Å². The number of nitrogens with zero attached hydrogens (tertiary/aromatic N) is 2. The summed E-state index contributed by atoms with van der Waals surface area (Å²) in [7, 11) is 0.